The summed E-state index contributed by atoms with van der Waals surface area (Å²) in [6.07, 6.45) is 0. The molecule has 16 heavy (non-hydrogen) atoms. The molecule has 0 fully saturated rings. The molecule has 0 atom stereocenters. The van der Waals surface area contributed by atoms with Crippen LogP contribution in [0, 0.1) is 0 Å². The van der Waals surface area contributed by atoms with Gasteiger partial charge in [0.05, 0.1) is 0 Å². The van der Waals surface area contributed by atoms with Crippen molar-refractivity contribution in [1.82, 2.24) is 4.90 Å². The highest BCUT2D eigenvalue weighted by Crippen LogP contribution is 2.12. The van der Waals surface area contributed by atoms with E-state index in [1.165, 1.54) is 11.0 Å². The topological polar surface area (TPSA) is 72.6 Å². The van der Waals surface area contributed by atoms with Gasteiger partial charge in [0, 0.05) is 19.7 Å². The van der Waals surface area contributed by atoms with Crippen LogP contribution in [0.4, 0.5) is 0 Å². The number of nitrogens with two attached hydrogens (primary N) is 1. The number of rotatable bonds is 4. The van der Waals surface area contributed by atoms with Gasteiger partial charge in [-0.2, -0.15) is 0 Å². The number of ether oxygens (including phenoxy) is 1. The number of hydrogen-bond acceptors (Lipinski definition) is 3. The zero-order chi connectivity index (χ0) is 12.1. The average Bonchev–Trinajstić information content (AvgIpc) is 2.26. The molecule has 2 amide bonds. The van der Waals surface area contributed by atoms with Gasteiger partial charge in [-0.25, -0.2) is 0 Å². The van der Waals surface area contributed by atoms with Gasteiger partial charge in [-0.15, -0.1) is 0 Å². The second-order valence-corrected chi connectivity index (χ2v) is 3.47. The van der Waals surface area contributed by atoms with Crippen molar-refractivity contribution in [3.63, 3.8) is 0 Å². The lowest BCUT2D eigenvalue weighted by atomic mass is 10.2. The highest BCUT2D eigenvalue weighted by molar-refractivity contribution is 5.93. The zero-order valence-corrected chi connectivity index (χ0v) is 9.27. The fourth-order valence-electron chi connectivity index (χ4n) is 1.01. The lowest BCUT2D eigenvalue weighted by molar-refractivity contribution is -0.130. The van der Waals surface area contributed by atoms with E-state index < -0.39 is 5.91 Å². The van der Waals surface area contributed by atoms with Crippen LogP contribution in [0.1, 0.15) is 10.4 Å². The molecular formula is C11H14N2O3. The van der Waals surface area contributed by atoms with Crippen LogP contribution in [0.25, 0.3) is 0 Å². The Morgan fingerprint density at radius 3 is 2.62 bits per heavy atom. The minimum Gasteiger partial charge on any atom is -0.484 e. The molecular weight excluding hydrogens is 208 g/mol. The summed E-state index contributed by atoms with van der Waals surface area (Å²) in [7, 11) is 3.29. The molecule has 0 spiro atoms. The number of amides is 2. The van der Waals surface area contributed by atoms with E-state index in [0.717, 1.165) is 0 Å². The van der Waals surface area contributed by atoms with Crippen molar-refractivity contribution < 1.29 is 14.3 Å². The van der Waals surface area contributed by atoms with E-state index in [0.29, 0.717) is 11.3 Å². The van der Waals surface area contributed by atoms with Crippen LogP contribution in [0.3, 0.4) is 0 Å². The summed E-state index contributed by atoms with van der Waals surface area (Å²) in [5, 5.41) is 0. The van der Waals surface area contributed by atoms with E-state index in [9.17, 15) is 9.59 Å². The molecule has 5 heteroatoms. The molecule has 0 aliphatic carbocycles. The minimum atomic E-state index is -0.524. The fourth-order valence-corrected chi connectivity index (χ4v) is 1.01. The van der Waals surface area contributed by atoms with E-state index in [-0.39, 0.29) is 12.5 Å². The maximum Gasteiger partial charge on any atom is 0.259 e. The normalized spacial score (nSPS) is 9.62. The molecule has 1 aromatic rings. The zero-order valence-electron chi connectivity index (χ0n) is 9.27. The maximum absolute atomic E-state index is 11.2. The Labute approximate surface area is 93.8 Å². The molecule has 1 rings (SSSR count). The standard InChI is InChI=1S/C11H14N2O3/c1-13(2)10(14)7-16-9-5-3-4-8(6-9)11(12)15/h3-6H,7H2,1-2H3,(H2,12,15). The van der Waals surface area contributed by atoms with Gasteiger partial charge < -0.3 is 15.4 Å². The van der Waals surface area contributed by atoms with Gasteiger partial charge in [0.15, 0.2) is 6.61 Å². The summed E-state index contributed by atoms with van der Waals surface area (Å²) in [5.74, 6) is -0.222. The second-order valence-electron chi connectivity index (χ2n) is 3.47. The Bertz CT molecular complexity index is 402. The van der Waals surface area contributed by atoms with E-state index in [4.69, 9.17) is 10.5 Å². The predicted octanol–water partition coefficient (Wildman–Crippen LogP) is 0.253. The van der Waals surface area contributed by atoms with Crippen LogP contribution in [0.2, 0.25) is 0 Å². The molecule has 0 saturated carbocycles. The first-order valence-electron chi connectivity index (χ1n) is 4.73. The van der Waals surface area contributed by atoms with Crippen LogP contribution in [-0.4, -0.2) is 37.4 Å². The largest absolute Gasteiger partial charge is 0.484 e. The van der Waals surface area contributed by atoms with Crippen LogP contribution >= 0.6 is 0 Å². The minimum absolute atomic E-state index is 0.0603. The number of hydrogen-bond donors (Lipinski definition) is 1. The second kappa shape index (κ2) is 5.16. The van der Waals surface area contributed by atoms with Crippen molar-refractivity contribution in [3.05, 3.63) is 29.8 Å². The molecule has 2 N–H and O–H groups in total. The van der Waals surface area contributed by atoms with Crippen molar-refractivity contribution in [1.29, 1.82) is 0 Å². The van der Waals surface area contributed by atoms with Gasteiger partial charge in [0.25, 0.3) is 5.91 Å². The molecule has 0 aliphatic heterocycles. The lowest BCUT2D eigenvalue weighted by Crippen LogP contribution is -2.27. The summed E-state index contributed by atoms with van der Waals surface area (Å²) in [6.45, 7) is -0.0603. The molecule has 1 aromatic carbocycles. The summed E-state index contributed by atoms with van der Waals surface area (Å²) >= 11 is 0. The summed E-state index contributed by atoms with van der Waals surface area (Å²) < 4.78 is 5.22. The molecule has 0 unspecified atom stereocenters. The fraction of sp³-hybridized carbons (Fsp3) is 0.273. The van der Waals surface area contributed by atoms with Crippen molar-refractivity contribution in [2.45, 2.75) is 0 Å². The number of likely N-dealkylation sites (N-methyl/N-ethyl adjacent to an activating group) is 1. The third-order valence-corrected chi connectivity index (χ3v) is 1.98. The predicted molar refractivity (Wildman–Crippen MR) is 59.1 cm³/mol. The van der Waals surface area contributed by atoms with Gasteiger partial charge in [-0.05, 0) is 18.2 Å². The molecule has 86 valence electrons. The SMILES string of the molecule is CN(C)C(=O)COc1cccc(C(N)=O)c1. The third-order valence-electron chi connectivity index (χ3n) is 1.98. The lowest BCUT2D eigenvalue weighted by Gasteiger charge is -2.11. The van der Waals surface area contributed by atoms with Crippen molar-refractivity contribution in [2.75, 3.05) is 20.7 Å². The van der Waals surface area contributed by atoms with E-state index in [1.807, 2.05) is 0 Å². The van der Waals surface area contributed by atoms with Crippen molar-refractivity contribution in [3.8, 4) is 5.75 Å². The molecule has 0 bridgehead atoms. The maximum atomic E-state index is 11.2. The number of nitrogens with zero attached hydrogens (tertiary/aromatic N) is 1. The monoisotopic (exact) mass is 222 g/mol. The summed E-state index contributed by atoms with van der Waals surface area (Å²) in [5.41, 5.74) is 5.47. The Kier molecular flexibility index (Phi) is 3.88. The number of primary amides is 1. The van der Waals surface area contributed by atoms with Gasteiger partial charge in [-0.1, -0.05) is 6.07 Å². The smallest absolute Gasteiger partial charge is 0.259 e. The van der Waals surface area contributed by atoms with Gasteiger partial charge in [-0.3, -0.25) is 9.59 Å². The van der Waals surface area contributed by atoms with Crippen LogP contribution in [0.15, 0.2) is 24.3 Å². The number of benzene rings is 1. The highest BCUT2D eigenvalue weighted by Gasteiger charge is 2.06. The number of carbonyl (C=O) groups excluding carboxylic acids is 2. The molecule has 0 aromatic heterocycles. The van der Waals surface area contributed by atoms with E-state index >= 15 is 0 Å². The molecule has 5 nitrogen and oxygen atoms in total. The van der Waals surface area contributed by atoms with Crippen LogP contribution in [-0.2, 0) is 4.79 Å². The van der Waals surface area contributed by atoms with Crippen LogP contribution < -0.4 is 10.5 Å². The molecule has 0 radical (unpaired) electrons. The van der Waals surface area contributed by atoms with E-state index in [2.05, 4.69) is 0 Å². The molecule has 0 heterocycles. The summed E-state index contributed by atoms with van der Waals surface area (Å²) in [6, 6.07) is 6.40. The highest BCUT2D eigenvalue weighted by atomic mass is 16.5. The van der Waals surface area contributed by atoms with Gasteiger partial charge >= 0.3 is 0 Å². The Balaban J connectivity index is 2.64. The Hall–Kier alpha value is -2.04. The Morgan fingerprint density at radius 1 is 1.38 bits per heavy atom. The van der Waals surface area contributed by atoms with Crippen molar-refractivity contribution >= 4 is 11.8 Å². The first-order chi connectivity index (χ1) is 7.50. The van der Waals surface area contributed by atoms with Crippen LogP contribution in [0.5, 0.6) is 5.75 Å². The van der Waals surface area contributed by atoms with E-state index in [1.54, 1.807) is 32.3 Å². The molecule has 0 aliphatic rings. The third kappa shape index (κ3) is 3.27. The Morgan fingerprint density at radius 2 is 2.06 bits per heavy atom. The quantitative estimate of drug-likeness (QED) is 0.793. The number of carbonyl (C=O) groups is 2. The first kappa shape index (κ1) is 12.0. The van der Waals surface area contributed by atoms with Gasteiger partial charge in [0.2, 0.25) is 5.91 Å². The average molecular weight is 222 g/mol. The molecule has 0 saturated heterocycles. The van der Waals surface area contributed by atoms with Gasteiger partial charge in [0.1, 0.15) is 5.75 Å². The first-order valence-corrected chi connectivity index (χ1v) is 4.73. The van der Waals surface area contributed by atoms with Crippen molar-refractivity contribution in [2.24, 2.45) is 5.73 Å². The summed E-state index contributed by atoms with van der Waals surface area (Å²) in [4.78, 5) is 23.6.